The van der Waals surface area contributed by atoms with Crippen LogP contribution in [-0.4, -0.2) is 30.8 Å². The Bertz CT molecular complexity index is 1030. The average Bonchev–Trinajstić information content (AvgIpc) is 3.42. The second kappa shape index (κ2) is 7.38. The van der Waals surface area contributed by atoms with E-state index in [2.05, 4.69) is 0 Å². The van der Waals surface area contributed by atoms with E-state index in [0.717, 1.165) is 34.9 Å². The molecule has 2 bridgehead atoms. The van der Waals surface area contributed by atoms with E-state index in [4.69, 9.17) is 9.47 Å². The van der Waals surface area contributed by atoms with Crippen LogP contribution in [0.1, 0.15) is 43.7 Å². The summed E-state index contributed by atoms with van der Waals surface area (Å²) in [4.78, 5) is 14.7. The van der Waals surface area contributed by atoms with Crippen molar-refractivity contribution in [3.8, 4) is 17.2 Å². The van der Waals surface area contributed by atoms with Gasteiger partial charge in [0.25, 0.3) is 5.91 Å². The van der Waals surface area contributed by atoms with Crippen LogP contribution >= 0.6 is 0 Å². The van der Waals surface area contributed by atoms with Gasteiger partial charge in [-0.1, -0.05) is 6.07 Å². The van der Waals surface area contributed by atoms with Gasteiger partial charge in [0.1, 0.15) is 11.9 Å². The normalized spacial score (nSPS) is 25.8. The number of phenolic OH excluding ortho intramolecular Hbond substituents is 1. The molecule has 30 heavy (non-hydrogen) atoms. The van der Waals surface area contributed by atoms with Crippen molar-refractivity contribution in [3.05, 3.63) is 47.5 Å². The lowest BCUT2D eigenvalue weighted by atomic mass is 9.97. The molecule has 0 aromatic heterocycles. The molecule has 1 N–H and O–H groups in total. The van der Waals surface area contributed by atoms with Crippen LogP contribution in [0.2, 0.25) is 0 Å². The summed E-state index contributed by atoms with van der Waals surface area (Å²) in [6.07, 6.45) is 7.11. The first-order valence-corrected chi connectivity index (χ1v) is 10.8. The van der Waals surface area contributed by atoms with Crippen molar-refractivity contribution in [3.63, 3.8) is 0 Å². The topological polar surface area (TPSA) is 59.0 Å². The second-order valence-electron chi connectivity index (χ2n) is 8.55. The Labute approximate surface area is 176 Å². The molecule has 2 fully saturated rings. The van der Waals surface area contributed by atoms with E-state index in [1.807, 2.05) is 31.2 Å². The van der Waals surface area contributed by atoms with Crippen LogP contribution in [0.3, 0.4) is 0 Å². The van der Waals surface area contributed by atoms with Gasteiger partial charge in [0.05, 0.1) is 12.8 Å². The van der Waals surface area contributed by atoms with Crippen LogP contribution in [0, 0.1) is 11.8 Å². The zero-order valence-corrected chi connectivity index (χ0v) is 17.4. The Hall–Kier alpha value is -2.95. The number of hydrogen-bond donors (Lipinski definition) is 1. The number of ether oxygens (including phenoxy) is 2. The highest BCUT2D eigenvalue weighted by molar-refractivity contribution is 6.35. The van der Waals surface area contributed by atoms with Crippen molar-refractivity contribution in [1.29, 1.82) is 0 Å². The van der Waals surface area contributed by atoms with Gasteiger partial charge in [-0.05, 0) is 86.4 Å². The van der Waals surface area contributed by atoms with Crippen molar-refractivity contribution >= 4 is 23.2 Å². The number of nitrogens with zero attached hydrogens (tertiary/aromatic N) is 1. The highest BCUT2D eigenvalue weighted by atomic mass is 16.5. The first kappa shape index (κ1) is 19.0. The molecule has 3 atom stereocenters. The van der Waals surface area contributed by atoms with E-state index in [9.17, 15) is 9.90 Å². The molecule has 2 saturated carbocycles. The highest BCUT2D eigenvalue weighted by Gasteiger charge is 2.41. The fraction of sp³-hybridized carbons (Fsp3) is 0.400. The minimum atomic E-state index is -0.0514. The molecule has 0 saturated heterocycles. The third-order valence-corrected chi connectivity index (χ3v) is 6.80. The zero-order chi connectivity index (χ0) is 20.8. The number of fused-ring (bicyclic) bond motifs is 3. The largest absolute Gasteiger partial charge is 0.508 e. The predicted molar refractivity (Wildman–Crippen MR) is 117 cm³/mol. The number of aromatic hydroxyl groups is 1. The molecule has 5 heteroatoms. The smallest absolute Gasteiger partial charge is 0.258 e. The van der Waals surface area contributed by atoms with E-state index >= 15 is 0 Å². The number of rotatable bonds is 5. The number of amides is 1. The SMILES string of the molecule is CCN1C(=O)/C(=C\c2ccc(OC)c(O[C@H]3C[C@@H]4CC[C@H]3C4)c2)c2cc(O)ccc21. The first-order chi connectivity index (χ1) is 14.6. The average molecular weight is 405 g/mol. The molecule has 1 amide bonds. The molecule has 1 aliphatic heterocycles. The molecule has 156 valence electrons. The molecule has 2 aromatic carbocycles. The molecule has 0 spiro atoms. The van der Waals surface area contributed by atoms with E-state index in [1.54, 1.807) is 30.2 Å². The molecule has 5 rings (SSSR count). The lowest BCUT2D eigenvalue weighted by Gasteiger charge is -2.24. The summed E-state index contributed by atoms with van der Waals surface area (Å²) in [5.41, 5.74) is 3.05. The first-order valence-electron chi connectivity index (χ1n) is 10.8. The molecule has 0 radical (unpaired) electrons. The number of carbonyl (C=O) groups excluding carboxylic acids is 1. The Morgan fingerprint density at radius 2 is 2.00 bits per heavy atom. The van der Waals surface area contributed by atoms with Gasteiger partial charge >= 0.3 is 0 Å². The van der Waals surface area contributed by atoms with Crippen molar-refractivity contribution in [2.24, 2.45) is 11.8 Å². The Morgan fingerprint density at radius 1 is 1.13 bits per heavy atom. The van der Waals surface area contributed by atoms with Crippen molar-refractivity contribution < 1.29 is 19.4 Å². The zero-order valence-electron chi connectivity index (χ0n) is 17.4. The minimum Gasteiger partial charge on any atom is -0.508 e. The predicted octanol–water partition coefficient (Wildman–Crippen LogP) is 4.88. The summed E-state index contributed by atoms with van der Waals surface area (Å²) < 4.78 is 11.9. The molecular formula is C25H27NO4. The monoisotopic (exact) mass is 405 g/mol. The second-order valence-corrected chi connectivity index (χ2v) is 8.55. The number of benzene rings is 2. The summed E-state index contributed by atoms with van der Waals surface area (Å²) in [5, 5.41) is 9.96. The Morgan fingerprint density at radius 3 is 2.70 bits per heavy atom. The number of likely N-dealkylation sites (N-methyl/N-ethyl adjacent to an activating group) is 1. The third kappa shape index (κ3) is 3.13. The van der Waals surface area contributed by atoms with Crippen molar-refractivity contribution in [2.45, 2.75) is 38.7 Å². The van der Waals surface area contributed by atoms with Gasteiger partial charge in [0.15, 0.2) is 11.5 Å². The highest BCUT2D eigenvalue weighted by Crippen LogP contribution is 2.47. The molecule has 5 nitrogen and oxygen atoms in total. The van der Waals surface area contributed by atoms with Gasteiger partial charge in [0.2, 0.25) is 0 Å². The molecule has 2 aliphatic carbocycles. The Balaban J connectivity index is 1.49. The maximum atomic E-state index is 13.0. The number of hydrogen-bond acceptors (Lipinski definition) is 4. The number of carbonyl (C=O) groups is 1. The summed E-state index contributed by atoms with van der Waals surface area (Å²) in [7, 11) is 1.65. The van der Waals surface area contributed by atoms with E-state index in [1.165, 1.54) is 19.3 Å². The van der Waals surface area contributed by atoms with Gasteiger partial charge in [-0.2, -0.15) is 0 Å². The van der Waals surface area contributed by atoms with Gasteiger partial charge in [-0.15, -0.1) is 0 Å². The summed E-state index contributed by atoms with van der Waals surface area (Å²) in [6.45, 7) is 2.53. The summed E-state index contributed by atoms with van der Waals surface area (Å²) in [5.74, 6) is 3.00. The maximum Gasteiger partial charge on any atom is 0.258 e. The van der Waals surface area contributed by atoms with Gasteiger partial charge in [0, 0.05) is 17.7 Å². The molecule has 1 heterocycles. The number of anilines is 1. The van der Waals surface area contributed by atoms with Crippen LogP contribution in [0.15, 0.2) is 36.4 Å². The Kier molecular flexibility index (Phi) is 4.69. The standard InChI is InChI=1S/C25H27NO4/c1-3-26-21-8-7-18(27)14-19(21)20(25(26)28)11-16-5-9-22(29-2)24(13-16)30-23-12-15-4-6-17(23)10-15/h5,7-9,11,13-15,17,23,27H,3-4,6,10,12H2,1-2H3/b20-11-/t15-,17+,23+/m1/s1. The summed E-state index contributed by atoms with van der Waals surface area (Å²) in [6, 6.07) is 10.9. The molecule has 0 unspecified atom stereocenters. The van der Waals surface area contributed by atoms with Gasteiger partial charge in [-0.25, -0.2) is 0 Å². The quantitative estimate of drug-likeness (QED) is 0.721. The molecule has 2 aromatic rings. The van der Waals surface area contributed by atoms with E-state index < -0.39 is 0 Å². The summed E-state index contributed by atoms with van der Waals surface area (Å²) >= 11 is 0. The van der Waals surface area contributed by atoms with E-state index in [-0.39, 0.29) is 17.8 Å². The van der Waals surface area contributed by atoms with E-state index in [0.29, 0.717) is 23.8 Å². The number of methoxy groups -OCH3 is 1. The fourth-order valence-corrected chi connectivity index (χ4v) is 5.33. The lowest BCUT2D eigenvalue weighted by Crippen LogP contribution is -2.25. The fourth-order valence-electron chi connectivity index (χ4n) is 5.33. The lowest BCUT2D eigenvalue weighted by molar-refractivity contribution is -0.112. The van der Waals surface area contributed by atoms with Crippen LogP contribution in [0.5, 0.6) is 17.2 Å². The van der Waals surface area contributed by atoms with Gasteiger partial charge in [-0.3, -0.25) is 4.79 Å². The van der Waals surface area contributed by atoms with Crippen LogP contribution in [0.25, 0.3) is 11.6 Å². The number of phenols is 1. The van der Waals surface area contributed by atoms with Crippen LogP contribution in [0.4, 0.5) is 5.69 Å². The molecular weight excluding hydrogens is 378 g/mol. The van der Waals surface area contributed by atoms with Crippen molar-refractivity contribution in [1.82, 2.24) is 0 Å². The minimum absolute atomic E-state index is 0.0514. The van der Waals surface area contributed by atoms with Gasteiger partial charge < -0.3 is 19.5 Å². The molecule has 3 aliphatic rings. The maximum absolute atomic E-state index is 13.0. The van der Waals surface area contributed by atoms with Crippen molar-refractivity contribution in [2.75, 3.05) is 18.6 Å². The van der Waals surface area contributed by atoms with Crippen LogP contribution in [-0.2, 0) is 4.79 Å². The third-order valence-electron chi connectivity index (χ3n) is 6.80. The van der Waals surface area contributed by atoms with Crippen LogP contribution < -0.4 is 14.4 Å².